The number of amides is 1. The highest BCUT2D eigenvalue weighted by Gasteiger charge is 2.26. The highest BCUT2D eigenvalue weighted by atomic mass is 16.6. The number of hydrogen-bond acceptors (Lipinski definition) is 4. The molecule has 3 aromatic carbocycles. The topological polar surface area (TPSA) is 81.3 Å². The van der Waals surface area contributed by atoms with Gasteiger partial charge in [-0.05, 0) is 66.8 Å². The van der Waals surface area contributed by atoms with E-state index in [1.807, 2.05) is 42.2 Å². The summed E-state index contributed by atoms with van der Waals surface area (Å²) >= 11 is 0. The molecule has 7 heteroatoms. The van der Waals surface area contributed by atoms with Crippen LogP contribution >= 0.6 is 0 Å². The highest BCUT2D eigenvalue weighted by molar-refractivity contribution is 5.94. The minimum atomic E-state index is -0.440. The van der Waals surface area contributed by atoms with Crippen LogP contribution in [0.15, 0.2) is 72.8 Å². The van der Waals surface area contributed by atoms with Gasteiger partial charge in [0.25, 0.3) is 11.6 Å². The monoisotopic (exact) mass is 452 g/mol. The number of fused-ring (bicyclic) bond motifs is 1. The third-order valence-electron chi connectivity index (χ3n) is 6.45. The SMILES string of the molecule is Cc1ccc(-c2cc(C(=O)N3CCc4ccccc4C3)n(-c3ccc([N+](=O)[O-])cc3)n2)cc1C. The summed E-state index contributed by atoms with van der Waals surface area (Å²) in [4.78, 5) is 26.2. The Hall–Kier alpha value is -4.26. The molecule has 0 aliphatic carbocycles. The van der Waals surface area contributed by atoms with Crippen molar-refractivity contribution in [3.63, 3.8) is 0 Å². The average molecular weight is 453 g/mol. The molecule has 0 fully saturated rings. The first-order valence-corrected chi connectivity index (χ1v) is 11.2. The van der Waals surface area contributed by atoms with E-state index in [0.29, 0.717) is 30.2 Å². The molecule has 0 radical (unpaired) electrons. The van der Waals surface area contributed by atoms with Gasteiger partial charge in [0.2, 0.25) is 0 Å². The zero-order chi connectivity index (χ0) is 23.8. The van der Waals surface area contributed by atoms with E-state index in [0.717, 1.165) is 23.1 Å². The van der Waals surface area contributed by atoms with Crippen LogP contribution in [0.2, 0.25) is 0 Å². The third-order valence-corrected chi connectivity index (χ3v) is 6.45. The number of rotatable bonds is 4. The van der Waals surface area contributed by atoms with Crippen molar-refractivity contribution in [1.29, 1.82) is 0 Å². The standard InChI is InChI=1S/C27H24N4O3/c1-18-7-8-21(15-19(18)2)25-16-26(30(28-25)23-9-11-24(12-10-23)31(33)34)27(32)29-14-13-20-5-3-4-6-22(20)17-29/h3-12,15-16H,13-14,17H2,1-2H3. The molecule has 0 bridgehead atoms. The lowest BCUT2D eigenvalue weighted by atomic mass is 9.99. The second kappa shape index (κ2) is 8.59. The minimum Gasteiger partial charge on any atom is -0.333 e. The second-order valence-electron chi connectivity index (χ2n) is 8.64. The Bertz CT molecular complexity index is 1410. The van der Waals surface area contributed by atoms with Crippen LogP contribution in [0.5, 0.6) is 0 Å². The molecule has 4 aromatic rings. The summed E-state index contributed by atoms with van der Waals surface area (Å²) in [5.41, 5.74) is 7.37. The molecule has 1 aromatic heterocycles. The highest BCUT2D eigenvalue weighted by Crippen LogP contribution is 2.27. The molecule has 1 aliphatic rings. The Morgan fingerprint density at radius 3 is 2.38 bits per heavy atom. The number of non-ortho nitro benzene ring substituents is 1. The summed E-state index contributed by atoms with van der Waals surface area (Å²) in [6.07, 6.45) is 0.803. The average Bonchev–Trinajstić information content (AvgIpc) is 3.30. The van der Waals surface area contributed by atoms with Gasteiger partial charge in [-0.1, -0.05) is 36.4 Å². The van der Waals surface area contributed by atoms with Crippen molar-refractivity contribution < 1.29 is 9.72 Å². The minimum absolute atomic E-state index is 0.00852. The van der Waals surface area contributed by atoms with Crippen LogP contribution in [0, 0.1) is 24.0 Å². The van der Waals surface area contributed by atoms with Crippen molar-refractivity contribution in [2.75, 3.05) is 6.54 Å². The molecule has 34 heavy (non-hydrogen) atoms. The van der Waals surface area contributed by atoms with Crippen LogP contribution in [0.4, 0.5) is 5.69 Å². The Kier molecular flexibility index (Phi) is 5.45. The smallest absolute Gasteiger partial charge is 0.272 e. The Labute approximate surface area is 197 Å². The number of nitro groups is 1. The van der Waals surface area contributed by atoms with Gasteiger partial charge in [0.1, 0.15) is 5.69 Å². The summed E-state index contributed by atoms with van der Waals surface area (Å²) in [7, 11) is 0. The van der Waals surface area contributed by atoms with Crippen molar-refractivity contribution >= 4 is 11.6 Å². The lowest BCUT2D eigenvalue weighted by molar-refractivity contribution is -0.384. The number of benzene rings is 3. The maximum absolute atomic E-state index is 13.7. The summed E-state index contributed by atoms with van der Waals surface area (Å²) in [6.45, 7) is 5.26. The van der Waals surface area contributed by atoms with Gasteiger partial charge in [-0.15, -0.1) is 0 Å². The van der Waals surface area contributed by atoms with Gasteiger partial charge < -0.3 is 4.90 Å². The van der Waals surface area contributed by atoms with E-state index in [-0.39, 0.29) is 11.6 Å². The van der Waals surface area contributed by atoms with Gasteiger partial charge in [0.15, 0.2) is 0 Å². The number of hydrogen-bond donors (Lipinski definition) is 0. The summed E-state index contributed by atoms with van der Waals surface area (Å²) in [6, 6.07) is 22.2. The first kappa shape index (κ1) is 21.6. The quantitative estimate of drug-likeness (QED) is 0.312. The molecule has 0 N–H and O–H groups in total. The number of carbonyl (C=O) groups is 1. The summed E-state index contributed by atoms with van der Waals surface area (Å²) in [5.74, 6) is -0.115. The van der Waals surface area contributed by atoms with Crippen LogP contribution < -0.4 is 0 Å². The molecule has 170 valence electrons. The molecule has 1 aliphatic heterocycles. The Balaban J connectivity index is 1.57. The maximum atomic E-state index is 13.7. The van der Waals surface area contributed by atoms with Crippen LogP contribution in [0.25, 0.3) is 16.9 Å². The predicted molar refractivity (Wildman–Crippen MR) is 130 cm³/mol. The van der Waals surface area contributed by atoms with E-state index >= 15 is 0 Å². The number of carbonyl (C=O) groups excluding carboxylic acids is 1. The summed E-state index contributed by atoms with van der Waals surface area (Å²) < 4.78 is 1.59. The number of aryl methyl sites for hydroxylation is 2. The molecular formula is C27H24N4O3. The molecule has 0 saturated carbocycles. The van der Waals surface area contributed by atoms with E-state index in [9.17, 15) is 14.9 Å². The molecule has 1 amide bonds. The first-order chi connectivity index (χ1) is 16.4. The van der Waals surface area contributed by atoms with Crippen molar-refractivity contribution in [1.82, 2.24) is 14.7 Å². The van der Waals surface area contributed by atoms with Crippen LogP contribution in [0.1, 0.15) is 32.7 Å². The van der Waals surface area contributed by atoms with Crippen LogP contribution in [0.3, 0.4) is 0 Å². The molecule has 0 spiro atoms. The molecule has 0 unspecified atom stereocenters. The number of nitro benzene ring substituents is 1. The lowest BCUT2D eigenvalue weighted by Gasteiger charge is -2.29. The summed E-state index contributed by atoms with van der Waals surface area (Å²) in [5, 5.41) is 15.9. The van der Waals surface area contributed by atoms with Crippen molar-refractivity contribution in [3.05, 3.63) is 111 Å². The third kappa shape index (κ3) is 3.96. The second-order valence-corrected chi connectivity index (χ2v) is 8.64. The first-order valence-electron chi connectivity index (χ1n) is 11.2. The fraction of sp³-hybridized carbons (Fsp3) is 0.185. The largest absolute Gasteiger partial charge is 0.333 e. The van der Waals surface area contributed by atoms with Crippen LogP contribution in [-0.4, -0.2) is 32.1 Å². The molecule has 0 saturated heterocycles. The molecule has 0 atom stereocenters. The molecule has 7 nitrogen and oxygen atoms in total. The van der Waals surface area contributed by atoms with Gasteiger partial charge in [-0.2, -0.15) is 5.10 Å². The Morgan fingerprint density at radius 1 is 0.941 bits per heavy atom. The molecule has 2 heterocycles. The predicted octanol–water partition coefficient (Wildman–Crippen LogP) is 5.26. The Morgan fingerprint density at radius 2 is 1.68 bits per heavy atom. The van der Waals surface area contributed by atoms with Gasteiger partial charge in [-0.3, -0.25) is 14.9 Å². The fourth-order valence-corrected chi connectivity index (χ4v) is 4.32. The molecular weight excluding hydrogens is 428 g/mol. The number of aromatic nitrogens is 2. The maximum Gasteiger partial charge on any atom is 0.272 e. The van der Waals surface area contributed by atoms with E-state index in [4.69, 9.17) is 5.10 Å². The van der Waals surface area contributed by atoms with E-state index < -0.39 is 4.92 Å². The zero-order valence-corrected chi connectivity index (χ0v) is 19.1. The van der Waals surface area contributed by atoms with Gasteiger partial charge in [0.05, 0.1) is 16.3 Å². The lowest BCUT2D eigenvalue weighted by Crippen LogP contribution is -2.37. The van der Waals surface area contributed by atoms with E-state index in [1.165, 1.54) is 23.3 Å². The van der Waals surface area contributed by atoms with E-state index in [2.05, 4.69) is 25.1 Å². The fourth-order valence-electron chi connectivity index (χ4n) is 4.32. The normalized spacial score (nSPS) is 12.9. The van der Waals surface area contributed by atoms with Crippen molar-refractivity contribution in [2.45, 2.75) is 26.8 Å². The van der Waals surface area contributed by atoms with Crippen molar-refractivity contribution in [3.8, 4) is 16.9 Å². The molecule has 5 rings (SSSR count). The van der Waals surface area contributed by atoms with Gasteiger partial charge in [0, 0.05) is 30.8 Å². The zero-order valence-electron chi connectivity index (χ0n) is 19.1. The van der Waals surface area contributed by atoms with Gasteiger partial charge >= 0.3 is 0 Å². The van der Waals surface area contributed by atoms with E-state index in [1.54, 1.807) is 16.8 Å². The van der Waals surface area contributed by atoms with Crippen LogP contribution in [-0.2, 0) is 13.0 Å². The van der Waals surface area contributed by atoms with Gasteiger partial charge in [-0.25, -0.2) is 4.68 Å². The van der Waals surface area contributed by atoms with Crippen molar-refractivity contribution in [2.24, 2.45) is 0 Å². The number of nitrogens with zero attached hydrogens (tertiary/aromatic N) is 4.